The molecule has 0 fully saturated rings. The van der Waals surface area contributed by atoms with Crippen LogP contribution in [0.15, 0.2) is 29.8 Å². The standard InChI is InChI=1S/C21H32N2O/c1-16(22-12-11-17-7-5-4-6-8-17)13-18-9-10-20-19(14-18)23-15-21(2,3)24-20/h7,9-10,14,16,22-23H,4-6,8,11-13,15H2,1-3H3. The van der Waals surface area contributed by atoms with E-state index in [2.05, 4.69) is 55.7 Å². The highest BCUT2D eigenvalue weighted by Crippen LogP contribution is 2.33. The highest BCUT2D eigenvalue weighted by atomic mass is 16.5. The van der Waals surface area contributed by atoms with Crippen LogP contribution in [0.25, 0.3) is 0 Å². The molecule has 0 amide bonds. The summed E-state index contributed by atoms with van der Waals surface area (Å²) in [7, 11) is 0. The second kappa shape index (κ2) is 7.60. The molecule has 0 aromatic heterocycles. The van der Waals surface area contributed by atoms with Crippen LogP contribution in [0.3, 0.4) is 0 Å². The minimum atomic E-state index is -0.128. The lowest BCUT2D eigenvalue weighted by Gasteiger charge is -2.33. The van der Waals surface area contributed by atoms with Gasteiger partial charge in [0.2, 0.25) is 0 Å². The molecule has 0 saturated carbocycles. The number of rotatable bonds is 6. The van der Waals surface area contributed by atoms with Gasteiger partial charge in [-0.25, -0.2) is 0 Å². The number of ether oxygens (including phenoxy) is 1. The Labute approximate surface area is 146 Å². The van der Waals surface area contributed by atoms with Crippen LogP contribution >= 0.6 is 0 Å². The number of allylic oxidation sites excluding steroid dienone is 1. The van der Waals surface area contributed by atoms with E-state index in [0.29, 0.717) is 6.04 Å². The van der Waals surface area contributed by atoms with Crippen LogP contribution in [0.1, 0.15) is 58.4 Å². The predicted octanol–water partition coefficient (Wildman–Crippen LogP) is 4.68. The molecule has 0 saturated heterocycles. The van der Waals surface area contributed by atoms with Crippen molar-refractivity contribution in [3.8, 4) is 5.75 Å². The fourth-order valence-corrected chi connectivity index (χ4v) is 3.61. The Balaban J connectivity index is 1.48. The van der Waals surface area contributed by atoms with Gasteiger partial charge in [-0.15, -0.1) is 0 Å². The zero-order valence-electron chi connectivity index (χ0n) is 15.5. The van der Waals surface area contributed by atoms with E-state index in [9.17, 15) is 0 Å². The van der Waals surface area contributed by atoms with Crippen LogP contribution in [0.2, 0.25) is 0 Å². The first-order valence-electron chi connectivity index (χ1n) is 9.49. The Bertz CT molecular complexity index is 592. The summed E-state index contributed by atoms with van der Waals surface area (Å²) in [6.07, 6.45) is 10.1. The number of benzene rings is 1. The second-order valence-corrected chi connectivity index (χ2v) is 7.96. The summed E-state index contributed by atoms with van der Waals surface area (Å²) in [5.74, 6) is 0.972. The zero-order chi connectivity index (χ0) is 17.0. The van der Waals surface area contributed by atoms with Crippen molar-refractivity contribution in [3.63, 3.8) is 0 Å². The lowest BCUT2D eigenvalue weighted by atomic mass is 9.97. The average molecular weight is 329 g/mol. The molecule has 0 bridgehead atoms. The molecule has 3 rings (SSSR count). The third kappa shape index (κ3) is 4.76. The topological polar surface area (TPSA) is 33.3 Å². The lowest BCUT2D eigenvalue weighted by molar-refractivity contribution is 0.116. The van der Waals surface area contributed by atoms with Crippen molar-refractivity contribution < 1.29 is 4.74 Å². The van der Waals surface area contributed by atoms with E-state index < -0.39 is 0 Å². The van der Waals surface area contributed by atoms with E-state index in [1.54, 1.807) is 5.57 Å². The van der Waals surface area contributed by atoms with Crippen molar-refractivity contribution in [1.29, 1.82) is 0 Å². The third-order valence-corrected chi connectivity index (χ3v) is 5.00. The fraction of sp³-hybridized carbons (Fsp3) is 0.619. The minimum Gasteiger partial charge on any atom is -0.484 e. The Morgan fingerprint density at radius 3 is 2.96 bits per heavy atom. The fourth-order valence-electron chi connectivity index (χ4n) is 3.61. The van der Waals surface area contributed by atoms with Gasteiger partial charge in [-0.05, 0) is 83.5 Å². The van der Waals surface area contributed by atoms with Gasteiger partial charge < -0.3 is 15.4 Å². The first kappa shape index (κ1) is 17.3. The molecule has 0 spiro atoms. The van der Waals surface area contributed by atoms with Crippen LogP contribution in [-0.2, 0) is 6.42 Å². The second-order valence-electron chi connectivity index (χ2n) is 7.96. The summed E-state index contributed by atoms with van der Waals surface area (Å²) in [6.45, 7) is 8.46. The zero-order valence-corrected chi connectivity index (χ0v) is 15.5. The molecule has 2 aliphatic rings. The summed E-state index contributed by atoms with van der Waals surface area (Å²) in [4.78, 5) is 0. The lowest BCUT2D eigenvalue weighted by Crippen LogP contribution is -2.40. The van der Waals surface area contributed by atoms with Crippen molar-refractivity contribution in [1.82, 2.24) is 5.32 Å². The Morgan fingerprint density at radius 1 is 1.29 bits per heavy atom. The molecule has 1 atom stereocenters. The highest BCUT2D eigenvalue weighted by molar-refractivity contribution is 5.60. The van der Waals surface area contributed by atoms with E-state index in [-0.39, 0.29) is 5.60 Å². The number of hydrogen-bond acceptors (Lipinski definition) is 3. The molecular weight excluding hydrogens is 296 g/mol. The quantitative estimate of drug-likeness (QED) is 0.744. The summed E-state index contributed by atoms with van der Waals surface area (Å²) >= 11 is 0. The molecule has 24 heavy (non-hydrogen) atoms. The maximum absolute atomic E-state index is 6.03. The largest absolute Gasteiger partial charge is 0.484 e. The van der Waals surface area contributed by atoms with Gasteiger partial charge in [0.15, 0.2) is 0 Å². The molecule has 1 aliphatic heterocycles. The molecule has 2 N–H and O–H groups in total. The molecule has 1 aromatic carbocycles. The Morgan fingerprint density at radius 2 is 2.17 bits per heavy atom. The van der Waals surface area contributed by atoms with Crippen molar-refractivity contribution in [2.75, 3.05) is 18.4 Å². The molecule has 132 valence electrons. The van der Waals surface area contributed by atoms with Crippen molar-refractivity contribution in [3.05, 3.63) is 35.4 Å². The van der Waals surface area contributed by atoms with Gasteiger partial charge in [0.05, 0.1) is 12.2 Å². The van der Waals surface area contributed by atoms with Gasteiger partial charge in [0.25, 0.3) is 0 Å². The van der Waals surface area contributed by atoms with Crippen molar-refractivity contribution in [2.24, 2.45) is 0 Å². The third-order valence-electron chi connectivity index (χ3n) is 5.00. The predicted molar refractivity (Wildman–Crippen MR) is 102 cm³/mol. The maximum Gasteiger partial charge on any atom is 0.143 e. The average Bonchev–Trinajstić information content (AvgIpc) is 2.55. The van der Waals surface area contributed by atoms with Crippen molar-refractivity contribution in [2.45, 2.75) is 70.9 Å². The van der Waals surface area contributed by atoms with Crippen LogP contribution in [-0.4, -0.2) is 24.7 Å². The Hall–Kier alpha value is -1.48. The normalized spacial score (nSPS) is 20.4. The first-order valence-corrected chi connectivity index (χ1v) is 9.49. The van der Waals surface area contributed by atoms with Gasteiger partial charge in [-0.1, -0.05) is 17.7 Å². The molecule has 3 heteroatoms. The summed E-state index contributed by atoms with van der Waals surface area (Å²) < 4.78 is 6.03. The van der Waals surface area contributed by atoms with Gasteiger partial charge >= 0.3 is 0 Å². The van der Waals surface area contributed by atoms with Gasteiger partial charge in [-0.3, -0.25) is 0 Å². The summed E-state index contributed by atoms with van der Waals surface area (Å²) in [5, 5.41) is 7.18. The van der Waals surface area contributed by atoms with Crippen LogP contribution < -0.4 is 15.4 Å². The summed E-state index contributed by atoms with van der Waals surface area (Å²) in [5.41, 5.74) is 4.02. The number of hydrogen-bond donors (Lipinski definition) is 2. The van der Waals surface area contributed by atoms with Gasteiger partial charge in [0.1, 0.15) is 11.4 Å². The summed E-state index contributed by atoms with van der Waals surface area (Å²) in [6, 6.07) is 7.04. The first-order chi connectivity index (χ1) is 11.5. The van der Waals surface area contributed by atoms with Gasteiger partial charge in [0, 0.05) is 6.04 Å². The molecule has 0 radical (unpaired) electrons. The Kier molecular flexibility index (Phi) is 5.50. The number of fused-ring (bicyclic) bond motifs is 1. The van der Waals surface area contributed by atoms with Gasteiger partial charge in [-0.2, -0.15) is 0 Å². The van der Waals surface area contributed by atoms with E-state index in [0.717, 1.165) is 30.9 Å². The molecule has 1 unspecified atom stereocenters. The maximum atomic E-state index is 6.03. The van der Waals surface area contributed by atoms with Crippen molar-refractivity contribution >= 4 is 5.69 Å². The SMILES string of the molecule is CC(Cc1ccc2c(c1)NCC(C)(C)O2)NCCC1=CCCCC1. The van der Waals surface area contributed by atoms with Crippen LogP contribution in [0.4, 0.5) is 5.69 Å². The molecular formula is C21H32N2O. The van der Waals surface area contributed by atoms with Crippen LogP contribution in [0, 0.1) is 0 Å². The van der Waals surface area contributed by atoms with E-state index in [4.69, 9.17) is 4.74 Å². The number of anilines is 1. The van der Waals surface area contributed by atoms with E-state index in [1.807, 2.05) is 0 Å². The molecule has 3 nitrogen and oxygen atoms in total. The monoisotopic (exact) mass is 328 g/mol. The highest BCUT2D eigenvalue weighted by Gasteiger charge is 2.26. The minimum absolute atomic E-state index is 0.128. The number of nitrogens with one attached hydrogen (secondary N) is 2. The van der Waals surface area contributed by atoms with E-state index in [1.165, 1.54) is 37.7 Å². The molecule has 1 heterocycles. The molecule has 1 aliphatic carbocycles. The van der Waals surface area contributed by atoms with Crippen LogP contribution in [0.5, 0.6) is 5.75 Å². The molecule has 1 aromatic rings. The smallest absolute Gasteiger partial charge is 0.143 e. The van der Waals surface area contributed by atoms with E-state index >= 15 is 0 Å².